The fraction of sp³-hybridized carbons (Fsp3) is 0.500. The lowest BCUT2D eigenvalue weighted by Gasteiger charge is -2.12. The number of hydrogen-bond donors (Lipinski definition) is 3. The maximum absolute atomic E-state index is 11.7. The number of carbonyl (C=O) groups excluding carboxylic acids is 1. The number of nitrogens with zero attached hydrogens (tertiary/aromatic N) is 1. The zero-order valence-corrected chi connectivity index (χ0v) is 10.5. The summed E-state index contributed by atoms with van der Waals surface area (Å²) in [5.41, 5.74) is 0.962. The van der Waals surface area contributed by atoms with Gasteiger partial charge in [-0.15, -0.1) is 0 Å². The molecule has 7 heteroatoms. The molecule has 0 aliphatic rings. The third-order valence-corrected chi connectivity index (χ3v) is 2.80. The lowest BCUT2D eigenvalue weighted by atomic mass is 10.2. The van der Waals surface area contributed by atoms with E-state index in [1.54, 1.807) is 13.0 Å². The molecular weight excluding hydrogens is 242 g/mol. The number of aryl methyl sites for hydroxylation is 1. The number of amides is 1. The topological polar surface area (TPSA) is 95.1 Å². The van der Waals surface area contributed by atoms with Gasteiger partial charge in [-0.05, 0) is 31.4 Å². The van der Waals surface area contributed by atoms with Gasteiger partial charge >= 0.3 is 5.97 Å². The van der Waals surface area contributed by atoms with Gasteiger partial charge in [0.05, 0.1) is 0 Å². The van der Waals surface area contributed by atoms with Gasteiger partial charge < -0.3 is 10.4 Å². The summed E-state index contributed by atoms with van der Waals surface area (Å²) in [6.07, 6.45) is 2.28. The Balaban J connectivity index is 2.60. The van der Waals surface area contributed by atoms with E-state index in [4.69, 9.17) is 5.11 Å². The summed E-state index contributed by atoms with van der Waals surface area (Å²) in [4.78, 5) is 22.6. The molecule has 94 valence electrons. The molecule has 0 aromatic carbocycles. The van der Waals surface area contributed by atoms with E-state index in [1.807, 2.05) is 6.26 Å². The Morgan fingerprint density at radius 1 is 1.65 bits per heavy atom. The molecule has 3 N–H and O–H groups in total. The van der Waals surface area contributed by atoms with Crippen LogP contribution in [0.5, 0.6) is 0 Å². The molecular formula is C10H15N3O3S. The number of carboxylic acid groups (broad SMARTS) is 1. The highest BCUT2D eigenvalue weighted by atomic mass is 32.2. The molecule has 1 unspecified atom stereocenters. The van der Waals surface area contributed by atoms with Gasteiger partial charge in [0.15, 0.2) is 0 Å². The minimum absolute atomic E-state index is 0.206. The number of carboxylic acids is 1. The highest BCUT2D eigenvalue weighted by molar-refractivity contribution is 7.98. The molecule has 0 radical (unpaired) electrons. The molecule has 1 aromatic heterocycles. The largest absolute Gasteiger partial charge is 0.480 e. The summed E-state index contributed by atoms with van der Waals surface area (Å²) in [6.45, 7) is 1.77. The van der Waals surface area contributed by atoms with Crippen LogP contribution in [0.15, 0.2) is 6.07 Å². The molecule has 0 fully saturated rings. The molecule has 1 amide bonds. The van der Waals surface area contributed by atoms with Crippen LogP contribution in [0.4, 0.5) is 0 Å². The van der Waals surface area contributed by atoms with Crippen molar-refractivity contribution >= 4 is 23.6 Å². The number of aromatic amines is 1. The Morgan fingerprint density at radius 2 is 2.35 bits per heavy atom. The number of hydrogen-bond acceptors (Lipinski definition) is 4. The van der Waals surface area contributed by atoms with Gasteiger partial charge in [0.2, 0.25) is 0 Å². The van der Waals surface area contributed by atoms with E-state index in [-0.39, 0.29) is 5.69 Å². The first kappa shape index (κ1) is 13.6. The lowest BCUT2D eigenvalue weighted by molar-refractivity contribution is -0.139. The predicted molar refractivity (Wildman–Crippen MR) is 65.2 cm³/mol. The predicted octanol–water partition coefficient (Wildman–Crippen LogP) is 0.654. The monoisotopic (exact) mass is 257 g/mol. The number of thioether (sulfide) groups is 1. The highest BCUT2D eigenvalue weighted by Gasteiger charge is 2.21. The zero-order valence-electron chi connectivity index (χ0n) is 9.69. The molecule has 0 bridgehead atoms. The van der Waals surface area contributed by atoms with Crippen LogP contribution >= 0.6 is 11.8 Å². The molecule has 1 atom stereocenters. The minimum Gasteiger partial charge on any atom is -0.480 e. The Hall–Kier alpha value is -1.50. The van der Waals surface area contributed by atoms with Crippen molar-refractivity contribution in [2.75, 3.05) is 12.0 Å². The average molecular weight is 257 g/mol. The van der Waals surface area contributed by atoms with Crippen molar-refractivity contribution in [2.45, 2.75) is 19.4 Å². The molecule has 0 spiro atoms. The van der Waals surface area contributed by atoms with E-state index < -0.39 is 17.9 Å². The normalized spacial score (nSPS) is 12.1. The van der Waals surface area contributed by atoms with E-state index in [1.165, 1.54) is 11.8 Å². The summed E-state index contributed by atoms with van der Waals surface area (Å²) in [7, 11) is 0. The molecule has 0 saturated heterocycles. The molecule has 1 rings (SSSR count). The van der Waals surface area contributed by atoms with E-state index in [0.29, 0.717) is 12.2 Å². The van der Waals surface area contributed by atoms with Crippen LogP contribution in [-0.4, -0.2) is 45.2 Å². The summed E-state index contributed by atoms with van der Waals surface area (Å²) >= 11 is 1.54. The van der Waals surface area contributed by atoms with Gasteiger partial charge in [-0.1, -0.05) is 0 Å². The summed E-state index contributed by atoms with van der Waals surface area (Å²) < 4.78 is 0. The molecule has 0 saturated carbocycles. The van der Waals surface area contributed by atoms with Crippen LogP contribution < -0.4 is 5.32 Å². The molecule has 1 aromatic rings. The van der Waals surface area contributed by atoms with Crippen molar-refractivity contribution in [3.05, 3.63) is 17.5 Å². The summed E-state index contributed by atoms with van der Waals surface area (Å²) in [6, 6.07) is 0.704. The van der Waals surface area contributed by atoms with E-state index >= 15 is 0 Å². The second kappa shape index (κ2) is 6.29. The van der Waals surface area contributed by atoms with Crippen molar-refractivity contribution in [1.29, 1.82) is 0 Å². The van der Waals surface area contributed by atoms with E-state index in [9.17, 15) is 9.59 Å². The molecule has 0 aliphatic carbocycles. The first-order valence-corrected chi connectivity index (χ1v) is 6.48. The molecule has 17 heavy (non-hydrogen) atoms. The second-order valence-electron chi connectivity index (χ2n) is 3.58. The number of nitrogens with one attached hydrogen (secondary N) is 2. The highest BCUT2D eigenvalue weighted by Crippen LogP contribution is 2.03. The van der Waals surface area contributed by atoms with Crippen molar-refractivity contribution in [3.63, 3.8) is 0 Å². The van der Waals surface area contributed by atoms with Crippen molar-refractivity contribution in [1.82, 2.24) is 15.5 Å². The van der Waals surface area contributed by atoms with Gasteiger partial charge in [0.25, 0.3) is 5.91 Å². The third-order valence-electron chi connectivity index (χ3n) is 2.15. The first-order chi connectivity index (χ1) is 8.04. The maximum Gasteiger partial charge on any atom is 0.326 e. The SMILES string of the molecule is CSCCC(NC(=O)c1cc(C)[nH]n1)C(=O)O. The van der Waals surface area contributed by atoms with Gasteiger partial charge in [-0.2, -0.15) is 16.9 Å². The summed E-state index contributed by atoms with van der Waals surface area (Å²) in [5.74, 6) is -0.820. The van der Waals surface area contributed by atoms with E-state index in [2.05, 4.69) is 15.5 Å². The van der Waals surface area contributed by atoms with Gasteiger partial charge in [-0.25, -0.2) is 4.79 Å². The number of aliphatic carboxylic acids is 1. The maximum atomic E-state index is 11.7. The minimum atomic E-state index is -1.03. The number of aromatic nitrogens is 2. The molecule has 6 nitrogen and oxygen atoms in total. The first-order valence-electron chi connectivity index (χ1n) is 5.09. The fourth-order valence-electron chi connectivity index (χ4n) is 1.26. The van der Waals surface area contributed by atoms with Crippen LogP contribution in [0.1, 0.15) is 22.6 Å². The van der Waals surface area contributed by atoms with Crippen molar-refractivity contribution < 1.29 is 14.7 Å². The fourth-order valence-corrected chi connectivity index (χ4v) is 1.73. The number of rotatable bonds is 6. The third kappa shape index (κ3) is 4.10. The molecule has 1 heterocycles. The van der Waals surface area contributed by atoms with Gasteiger partial charge in [0.1, 0.15) is 11.7 Å². The van der Waals surface area contributed by atoms with Crippen LogP contribution in [0.25, 0.3) is 0 Å². The summed E-state index contributed by atoms with van der Waals surface area (Å²) in [5, 5.41) is 17.8. The quantitative estimate of drug-likeness (QED) is 0.695. The standard InChI is InChI=1S/C10H15N3O3S/c1-6-5-8(13-12-6)9(14)11-7(10(15)16)3-4-17-2/h5,7H,3-4H2,1-2H3,(H,11,14)(H,12,13)(H,15,16). The van der Waals surface area contributed by atoms with Crippen LogP contribution in [0.2, 0.25) is 0 Å². The smallest absolute Gasteiger partial charge is 0.326 e. The van der Waals surface area contributed by atoms with Crippen LogP contribution in [-0.2, 0) is 4.79 Å². The van der Waals surface area contributed by atoms with E-state index in [0.717, 1.165) is 5.69 Å². The van der Waals surface area contributed by atoms with Crippen LogP contribution in [0, 0.1) is 6.92 Å². The Morgan fingerprint density at radius 3 is 2.82 bits per heavy atom. The number of H-pyrrole nitrogens is 1. The molecule has 0 aliphatic heterocycles. The zero-order chi connectivity index (χ0) is 12.8. The average Bonchev–Trinajstić information content (AvgIpc) is 2.70. The lowest BCUT2D eigenvalue weighted by Crippen LogP contribution is -2.41. The second-order valence-corrected chi connectivity index (χ2v) is 4.57. The van der Waals surface area contributed by atoms with Crippen LogP contribution in [0.3, 0.4) is 0 Å². The Bertz CT molecular complexity index is 405. The Kier molecular flexibility index (Phi) is 5.02. The number of carbonyl (C=O) groups is 2. The van der Waals surface area contributed by atoms with Crippen molar-refractivity contribution in [3.8, 4) is 0 Å². The van der Waals surface area contributed by atoms with Crippen molar-refractivity contribution in [2.24, 2.45) is 0 Å². The van der Waals surface area contributed by atoms with Gasteiger partial charge in [-0.3, -0.25) is 9.89 Å². The van der Waals surface area contributed by atoms with Gasteiger partial charge in [0, 0.05) is 5.69 Å². The Labute approximate surface area is 103 Å².